The lowest BCUT2D eigenvalue weighted by Crippen LogP contribution is -2.28. The van der Waals surface area contributed by atoms with Crippen LogP contribution < -0.4 is 0 Å². The summed E-state index contributed by atoms with van der Waals surface area (Å²) in [6, 6.07) is 18.7. The van der Waals surface area contributed by atoms with Gasteiger partial charge in [0.2, 0.25) is 0 Å². The Morgan fingerprint density at radius 1 is 0.970 bits per heavy atom. The van der Waals surface area contributed by atoms with Crippen LogP contribution in [0.5, 0.6) is 5.75 Å². The average Bonchev–Trinajstić information content (AvgIpc) is 3.34. The molecule has 1 saturated heterocycles. The first-order valence-electron chi connectivity index (χ1n) is 12.4. The van der Waals surface area contributed by atoms with Gasteiger partial charge in [-0.2, -0.15) is 0 Å². The third-order valence-corrected chi connectivity index (χ3v) is 7.14. The normalized spacial score (nSPS) is 19.9. The Morgan fingerprint density at radius 2 is 1.73 bits per heavy atom. The fourth-order valence-electron chi connectivity index (χ4n) is 5.25. The van der Waals surface area contributed by atoms with Gasteiger partial charge in [-0.25, -0.2) is 0 Å². The van der Waals surface area contributed by atoms with E-state index < -0.39 is 0 Å². The molecule has 2 aromatic carbocycles. The number of benzene rings is 2. The van der Waals surface area contributed by atoms with Crippen molar-refractivity contribution in [3.05, 3.63) is 89.0 Å². The third kappa shape index (κ3) is 5.66. The van der Waals surface area contributed by atoms with Crippen LogP contribution in [0.15, 0.2) is 77.9 Å². The fourth-order valence-corrected chi connectivity index (χ4v) is 5.25. The van der Waals surface area contributed by atoms with Crippen LogP contribution in [-0.4, -0.2) is 40.9 Å². The molecule has 0 bridgehead atoms. The topological polar surface area (TPSA) is 43.7 Å². The van der Waals surface area contributed by atoms with Crippen molar-refractivity contribution < 1.29 is 10.2 Å². The predicted molar refractivity (Wildman–Crippen MR) is 138 cm³/mol. The molecule has 33 heavy (non-hydrogen) atoms. The van der Waals surface area contributed by atoms with E-state index in [1.165, 1.54) is 41.8 Å². The lowest BCUT2D eigenvalue weighted by Gasteiger charge is -2.25. The second-order valence-corrected chi connectivity index (χ2v) is 9.60. The Balaban J connectivity index is 1.74. The molecule has 1 aliphatic carbocycles. The molecule has 1 fully saturated rings. The Morgan fingerprint density at radius 3 is 2.33 bits per heavy atom. The standard InChI is InChI=1S/C30H37NO2/c1-22(2)31-19-18-27(21-31)23-10-12-25(13-11-23)30(26-14-16-28(33)17-15-26)29(9-6-20-32)24-7-4-3-5-8-24/h3-5,7-8,10,12,14-17,22,27,32-33H,6,9,11,13,18-21H2,1-2H3/b30-29+. The Kier molecular flexibility index (Phi) is 7.85. The Bertz CT molecular complexity index is 1020. The molecule has 3 nitrogen and oxygen atoms in total. The predicted octanol–water partition coefficient (Wildman–Crippen LogP) is 6.45. The summed E-state index contributed by atoms with van der Waals surface area (Å²) in [5.74, 6) is 0.958. The molecule has 0 radical (unpaired) electrons. The molecule has 0 spiro atoms. The van der Waals surface area contributed by atoms with Crippen LogP contribution in [-0.2, 0) is 0 Å². The quantitative estimate of drug-likeness (QED) is 0.461. The van der Waals surface area contributed by atoms with Crippen LogP contribution in [0.3, 0.4) is 0 Å². The van der Waals surface area contributed by atoms with E-state index in [1.54, 1.807) is 17.7 Å². The molecule has 2 aromatic rings. The van der Waals surface area contributed by atoms with E-state index in [2.05, 4.69) is 55.2 Å². The van der Waals surface area contributed by atoms with Gasteiger partial charge in [0.15, 0.2) is 0 Å². The number of hydrogen-bond donors (Lipinski definition) is 2. The van der Waals surface area contributed by atoms with E-state index in [9.17, 15) is 10.2 Å². The van der Waals surface area contributed by atoms with Crippen molar-refractivity contribution in [3.8, 4) is 5.75 Å². The van der Waals surface area contributed by atoms with Gasteiger partial charge in [-0.3, -0.25) is 0 Å². The molecule has 3 heteroatoms. The average molecular weight is 444 g/mol. The smallest absolute Gasteiger partial charge is 0.115 e. The lowest BCUT2D eigenvalue weighted by molar-refractivity contribution is 0.269. The van der Waals surface area contributed by atoms with E-state index in [4.69, 9.17) is 0 Å². The molecule has 2 aliphatic rings. The van der Waals surface area contributed by atoms with Crippen LogP contribution in [0.2, 0.25) is 0 Å². The molecule has 174 valence electrons. The van der Waals surface area contributed by atoms with Crippen molar-refractivity contribution in [3.63, 3.8) is 0 Å². The highest BCUT2D eigenvalue weighted by atomic mass is 16.3. The molecule has 1 heterocycles. The van der Waals surface area contributed by atoms with E-state index in [0.29, 0.717) is 12.0 Å². The van der Waals surface area contributed by atoms with Gasteiger partial charge in [-0.1, -0.05) is 60.2 Å². The summed E-state index contributed by atoms with van der Waals surface area (Å²) in [7, 11) is 0. The van der Waals surface area contributed by atoms with E-state index in [-0.39, 0.29) is 12.4 Å². The summed E-state index contributed by atoms with van der Waals surface area (Å²) in [6.45, 7) is 7.15. The maximum atomic E-state index is 9.89. The third-order valence-electron chi connectivity index (χ3n) is 7.14. The molecular formula is C30H37NO2. The number of rotatable bonds is 8. The number of likely N-dealkylation sites (tertiary alicyclic amines) is 1. The largest absolute Gasteiger partial charge is 0.508 e. The molecule has 1 atom stereocenters. The summed E-state index contributed by atoms with van der Waals surface area (Å²) in [5, 5.41) is 19.5. The number of hydrogen-bond acceptors (Lipinski definition) is 3. The van der Waals surface area contributed by atoms with Crippen molar-refractivity contribution in [1.29, 1.82) is 0 Å². The second-order valence-electron chi connectivity index (χ2n) is 9.60. The van der Waals surface area contributed by atoms with Gasteiger partial charge < -0.3 is 15.1 Å². The number of aliphatic hydroxyl groups excluding tert-OH is 1. The van der Waals surface area contributed by atoms with Crippen molar-refractivity contribution in [2.24, 2.45) is 5.92 Å². The Hall–Kier alpha value is -2.62. The minimum absolute atomic E-state index is 0.177. The maximum absolute atomic E-state index is 9.89. The highest BCUT2D eigenvalue weighted by molar-refractivity contribution is 5.98. The number of phenolic OH excluding ortho intramolecular Hbond substituents is 1. The Labute approximate surface area is 198 Å². The summed E-state index contributed by atoms with van der Waals surface area (Å²) < 4.78 is 0. The summed E-state index contributed by atoms with van der Waals surface area (Å²) in [4.78, 5) is 2.59. The van der Waals surface area contributed by atoms with Gasteiger partial charge in [0.1, 0.15) is 5.75 Å². The van der Waals surface area contributed by atoms with Crippen LogP contribution in [0.25, 0.3) is 11.1 Å². The monoisotopic (exact) mass is 443 g/mol. The first kappa shape index (κ1) is 23.5. The minimum Gasteiger partial charge on any atom is -0.508 e. The van der Waals surface area contributed by atoms with Crippen molar-refractivity contribution >= 4 is 11.1 Å². The highest BCUT2D eigenvalue weighted by Gasteiger charge is 2.28. The van der Waals surface area contributed by atoms with Gasteiger partial charge in [0, 0.05) is 19.2 Å². The summed E-state index contributed by atoms with van der Waals surface area (Å²) in [5.41, 5.74) is 7.78. The SMILES string of the molecule is CC(C)N1CCC(C2=CC=C(/C(=C(/CCCO)c3ccccc3)c3ccc(O)cc3)CC2)C1. The van der Waals surface area contributed by atoms with Gasteiger partial charge in [0.25, 0.3) is 0 Å². The molecule has 1 aliphatic heterocycles. The maximum Gasteiger partial charge on any atom is 0.115 e. The number of nitrogens with zero attached hydrogens (tertiary/aromatic N) is 1. The number of allylic oxidation sites excluding steroid dienone is 5. The molecule has 0 aromatic heterocycles. The van der Waals surface area contributed by atoms with Gasteiger partial charge in [-0.05, 0) is 98.4 Å². The van der Waals surface area contributed by atoms with Crippen LogP contribution in [0.1, 0.15) is 57.1 Å². The molecule has 2 N–H and O–H groups in total. The van der Waals surface area contributed by atoms with Gasteiger partial charge in [0.05, 0.1) is 0 Å². The molecule has 4 rings (SSSR count). The van der Waals surface area contributed by atoms with E-state index >= 15 is 0 Å². The van der Waals surface area contributed by atoms with Crippen molar-refractivity contribution in [2.45, 2.75) is 52.0 Å². The molecule has 0 saturated carbocycles. The number of aromatic hydroxyl groups is 1. The van der Waals surface area contributed by atoms with Crippen LogP contribution >= 0.6 is 0 Å². The highest BCUT2D eigenvalue weighted by Crippen LogP contribution is 2.41. The van der Waals surface area contributed by atoms with Gasteiger partial charge in [-0.15, -0.1) is 0 Å². The molecular weight excluding hydrogens is 406 g/mol. The second kappa shape index (κ2) is 11.0. The molecule has 0 amide bonds. The van der Waals surface area contributed by atoms with E-state index in [1.807, 2.05) is 18.2 Å². The number of phenols is 1. The van der Waals surface area contributed by atoms with Crippen molar-refractivity contribution in [1.82, 2.24) is 4.90 Å². The van der Waals surface area contributed by atoms with Gasteiger partial charge >= 0.3 is 0 Å². The number of aliphatic hydroxyl groups is 1. The first-order chi connectivity index (χ1) is 16.1. The van der Waals surface area contributed by atoms with E-state index in [0.717, 1.165) is 31.2 Å². The fraction of sp³-hybridized carbons (Fsp3) is 0.400. The first-order valence-corrected chi connectivity index (χ1v) is 12.4. The van der Waals surface area contributed by atoms with Crippen molar-refractivity contribution in [2.75, 3.05) is 19.7 Å². The lowest BCUT2D eigenvalue weighted by atomic mass is 9.81. The summed E-state index contributed by atoms with van der Waals surface area (Å²) in [6.07, 6.45) is 9.65. The zero-order valence-corrected chi connectivity index (χ0v) is 20.0. The van der Waals surface area contributed by atoms with Crippen LogP contribution in [0.4, 0.5) is 0 Å². The molecule has 1 unspecified atom stereocenters. The van der Waals surface area contributed by atoms with Crippen LogP contribution in [0, 0.1) is 5.92 Å². The zero-order valence-electron chi connectivity index (χ0n) is 20.0. The summed E-state index contributed by atoms with van der Waals surface area (Å²) >= 11 is 0. The zero-order chi connectivity index (χ0) is 23.2. The minimum atomic E-state index is 0.177.